The molecule has 21 heavy (non-hydrogen) atoms. The summed E-state index contributed by atoms with van der Waals surface area (Å²) in [6, 6.07) is 3.50. The number of Topliss-reactive ketones (excluding diaryl/α,β-unsaturated/α-hetero) is 1. The third kappa shape index (κ3) is 1.48. The molecular formula is C16H12N2O3. The Morgan fingerprint density at radius 1 is 1.05 bits per heavy atom. The Balaban J connectivity index is 1.98. The van der Waals surface area contributed by atoms with Crippen LogP contribution < -0.4 is 0 Å². The predicted molar refractivity (Wildman–Crippen MR) is 76.1 cm³/mol. The van der Waals surface area contributed by atoms with E-state index >= 15 is 0 Å². The van der Waals surface area contributed by atoms with Crippen LogP contribution >= 0.6 is 0 Å². The molecule has 0 N–H and O–H groups in total. The van der Waals surface area contributed by atoms with E-state index in [2.05, 4.69) is 0 Å². The quantitative estimate of drug-likeness (QED) is 0.622. The first-order valence-corrected chi connectivity index (χ1v) is 6.81. The molecule has 0 amide bonds. The zero-order valence-electron chi connectivity index (χ0n) is 11.2. The number of aryl methyl sites for hydroxylation is 1. The molecule has 0 bridgehead atoms. The topological polar surface area (TPSA) is 61.1 Å². The number of ketones is 1. The van der Waals surface area contributed by atoms with Crippen molar-refractivity contribution in [2.24, 2.45) is 0 Å². The van der Waals surface area contributed by atoms with Crippen molar-refractivity contribution in [1.82, 2.24) is 9.13 Å². The molecule has 2 aliphatic rings. The summed E-state index contributed by atoms with van der Waals surface area (Å²) in [5.41, 5.74) is 4.26. The Kier molecular flexibility index (Phi) is 2.39. The summed E-state index contributed by atoms with van der Waals surface area (Å²) in [7, 11) is 0. The lowest BCUT2D eigenvalue weighted by Gasteiger charge is -2.07. The van der Waals surface area contributed by atoms with Gasteiger partial charge in [0.05, 0.1) is 17.8 Å². The van der Waals surface area contributed by atoms with Crippen molar-refractivity contribution in [2.45, 2.75) is 19.4 Å². The number of aromatic nitrogens is 2. The van der Waals surface area contributed by atoms with E-state index in [1.807, 2.05) is 10.8 Å². The van der Waals surface area contributed by atoms with Crippen LogP contribution in [0, 0.1) is 0 Å². The Morgan fingerprint density at radius 3 is 2.57 bits per heavy atom. The van der Waals surface area contributed by atoms with Crippen LogP contribution in [0.4, 0.5) is 0 Å². The van der Waals surface area contributed by atoms with E-state index in [0.717, 1.165) is 42.5 Å². The summed E-state index contributed by atoms with van der Waals surface area (Å²) in [5.74, 6) is 0.00944. The zero-order valence-corrected chi connectivity index (χ0v) is 11.2. The zero-order chi connectivity index (χ0) is 14.6. The highest BCUT2D eigenvalue weighted by atomic mass is 16.1. The fraction of sp³-hybridized carbons (Fsp3) is 0.188. The lowest BCUT2D eigenvalue weighted by molar-refractivity contribution is -0.112. The molecule has 4 rings (SSSR count). The van der Waals surface area contributed by atoms with Crippen molar-refractivity contribution in [3.63, 3.8) is 0 Å². The molecule has 2 aromatic heterocycles. The maximum Gasteiger partial charge on any atom is 0.185 e. The van der Waals surface area contributed by atoms with E-state index in [9.17, 15) is 14.4 Å². The number of hydrogen-bond donors (Lipinski definition) is 0. The van der Waals surface area contributed by atoms with Gasteiger partial charge in [0.25, 0.3) is 0 Å². The molecular weight excluding hydrogens is 268 g/mol. The molecule has 0 saturated heterocycles. The summed E-state index contributed by atoms with van der Waals surface area (Å²) in [6.45, 7) is 0.770. The van der Waals surface area contributed by atoms with Crippen molar-refractivity contribution in [1.29, 1.82) is 0 Å². The Labute approximate surface area is 120 Å². The number of allylic oxidation sites excluding steroid dienone is 2. The molecule has 2 aliphatic heterocycles. The summed E-state index contributed by atoms with van der Waals surface area (Å²) < 4.78 is 3.81. The molecule has 0 unspecified atom stereocenters. The van der Waals surface area contributed by atoms with E-state index in [1.54, 1.807) is 22.9 Å². The fourth-order valence-electron chi connectivity index (χ4n) is 3.37. The second kappa shape index (κ2) is 4.15. The van der Waals surface area contributed by atoms with E-state index in [1.165, 1.54) is 0 Å². The van der Waals surface area contributed by atoms with Crippen molar-refractivity contribution in [3.05, 3.63) is 47.0 Å². The van der Waals surface area contributed by atoms with Crippen LogP contribution in [0.1, 0.15) is 38.5 Å². The van der Waals surface area contributed by atoms with E-state index < -0.39 is 0 Å². The first kappa shape index (κ1) is 12.1. The Hall–Kier alpha value is -2.69. The highest BCUT2D eigenvalue weighted by Crippen LogP contribution is 2.38. The van der Waals surface area contributed by atoms with Gasteiger partial charge >= 0.3 is 0 Å². The minimum atomic E-state index is 0.00944. The number of rotatable bonds is 2. The summed E-state index contributed by atoms with van der Waals surface area (Å²) in [6.07, 6.45) is 6.21. The molecule has 5 heteroatoms. The van der Waals surface area contributed by atoms with E-state index in [4.69, 9.17) is 0 Å². The molecule has 0 saturated carbocycles. The number of carbonyl (C=O) groups excluding carboxylic acids is 3. The molecule has 0 atom stereocenters. The molecule has 0 fully saturated rings. The number of aldehydes is 2. The first-order chi connectivity index (χ1) is 10.2. The van der Waals surface area contributed by atoms with Crippen molar-refractivity contribution in [2.75, 3.05) is 0 Å². The number of fused-ring (bicyclic) bond motifs is 2. The van der Waals surface area contributed by atoms with Crippen LogP contribution in [-0.2, 0) is 17.8 Å². The molecule has 4 heterocycles. The van der Waals surface area contributed by atoms with Gasteiger partial charge in [0.1, 0.15) is 0 Å². The summed E-state index contributed by atoms with van der Waals surface area (Å²) >= 11 is 0. The van der Waals surface area contributed by atoms with Gasteiger partial charge in [-0.3, -0.25) is 14.4 Å². The van der Waals surface area contributed by atoms with Crippen LogP contribution in [0.25, 0.3) is 11.3 Å². The van der Waals surface area contributed by atoms with Crippen LogP contribution in [0.15, 0.2) is 24.5 Å². The SMILES string of the molecule is O=Cc1ccn2c1C(=C1C(=O)Cc3c(C=O)ccn31)CC2. The Morgan fingerprint density at radius 2 is 1.81 bits per heavy atom. The minimum absolute atomic E-state index is 0.00944. The summed E-state index contributed by atoms with van der Waals surface area (Å²) in [4.78, 5) is 34.6. The van der Waals surface area contributed by atoms with Gasteiger partial charge in [-0.05, 0) is 18.6 Å². The van der Waals surface area contributed by atoms with Crippen LogP contribution in [0.3, 0.4) is 0 Å². The summed E-state index contributed by atoms with van der Waals surface area (Å²) in [5, 5.41) is 0. The molecule has 0 aliphatic carbocycles. The maximum atomic E-state index is 12.4. The van der Waals surface area contributed by atoms with Gasteiger partial charge in [0.15, 0.2) is 18.4 Å². The van der Waals surface area contributed by atoms with Crippen molar-refractivity contribution >= 4 is 29.6 Å². The van der Waals surface area contributed by atoms with Gasteiger partial charge in [0.2, 0.25) is 0 Å². The molecule has 5 nitrogen and oxygen atoms in total. The fourth-order valence-corrected chi connectivity index (χ4v) is 3.37. The maximum absolute atomic E-state index is 12.4. The minimum Gasteiger partial charge on any atom is -0.347 e. The van der Waals surface area contributed by atoms with E-state index in [-0.39, 0.29) is 12.2 Å². The third-order valence-electron chi connectivity index (χ3n) is 4.28. The normalized spacial score (nSPS) is 19.7. The number of nitrogens with zero attached hydrogens (tertiary/aromatic N) is 2. The highest BCUT2D eigenvalue weighted by Gasteiger charge is 2.33. The smallest absolute Gasteiger partial charge is 0.185 e. The lowest BCUT2D eigenvalue weighted by Crippen LogP contribution is -2.02. The predicted octanol–water partition coefficient (Wildman–Crippen LogP) is 1.81. The van der Waals surface area contributed by atoms with Crippen molar-refractivity contribution in [3.8, 4) is 0 Å². The van der Waals surface area contributed by atoms with Gasteiger partial charge in [-0.15, -0.1) is 0 Å². The highest BCUT2D eigenvalue weighted by molar-refractivity contribution is 6.26. The molecule has 0 radical (unpaired) electrons. The van der Waals surface area contributed by atoms with Gasteiger partial charge < -0.3 is 9.13 Å². The lowest BCUT2D eigenvalue weighted by atomic mass is 10.0. The average Bonchev–Trinajstić information content (AvgIpc) is 3.19. The third-order valence-corrected chi connectivity index (χ3v) is 4.28. The van der Waals surface area contributed by atoms with Gasteiger partial charge in [0, 0.05) is 41.3 Å². The van der Waals surface area contributed by atoms with Gasteiger partial charge in [-0.1, -0.05) is 0 Å². The first-order valence-electron chi connectivity index (χ1n) is 6.81. The largest absolute Gasteiger partial charge is 0.347 e. The van der Waals surface area contributed by atoms with E-state index in [0.29, 0.717) is 16.8 Å². The molecule has 2 aromatic rings. The Bertz CT molecular complexity index is 836. The standard InChI is InChI=1S/C16H12N2O3/c19-8-10-2-6-18-13(10)7-14(21)16(18)12-3-5-17-4-1-11(9-20)15(12)17/h1-2,4,6,8-9H,3,5,7H2. The second-order valence-corrected chi connectivity index (χ2v) is 5.31. The monoisotopic (exact) mass is 280 g/mol. The van der Waals surface area contributed by atoms with Crippen LogP contribution in [0.2, 0.25) is 0 Å². The average molecular weight is 280 g/mol. The van der Waals surface area contributed by atoms with Crippen LogP contribution in [0.5, 0.6) is 0 Å². The molecule has 0 spiro atoms. The number of carbonyl (C=O) groups is 3. The van der Waals surface area contributed by atoms with Gasteiger partial charge in [-0.2, -0.15) is 0 Å². The molecule has 0 aromatic carbocycles. The second-order valence-electron chi connectivity index (χ2n) is 5.31. The van der Waals surface area contributed by atoms with Crippen molar-refractivity contribution < 1.29 is 14.4 Å². The van der Waals surface area contributed by atoms with Gasteiger partial charge in [-0.25, -0.2) is 0 Å². The van der Waals surface area contributed by atoms with Crippen LogP contribution in [-0.4, -0.2) is 27.5 Å². The number of hydrogen-bond acceptors (Lipinski definition) is 3. The molecule has 104 valence electrons.